The topological polar surface area (TPSA) is 67.2 Å². The SMILES string of the molecule is Cc1nc(N2CCCN(C(=O)c3ccc(F)cc3)CC2)c2c(C)nn(-c3ccccc3C)c2n1. The van der Waals surface area contributed by atoms with Gasteiger partial charge < -0.3 is 9.80 Å². The molecule has 0 aliphatic carbocycles. The molecule has 0 atom stereocenters. The van der Waals surface area contributed by atoms with Crippen LogP contribution in [0.25, 0.3) is 16.7 Å². The highest BCUT2D eigenvalue weighted by Crippen LogP contribution is 2.30. The van der Waals surface area contributed by atoms with Crippen LogP contribution < -0.4 is 4.90 Å². The molecule has 4 aromatic rings. The van der Waals surface area contributed by atoms with Crippen LogP contribution in [0.1, 0.15) is 33.9 Å². The predicted octanol–water partition coefficient (Wildman–Crippen LogP) is 4.23. The molecule has 2 aromatic heterocycles. The molecule has 1 fully saturated rings. The summed E-state index contributed by atoms with van der Waals surface area (Å²) in [7, 11) is 0. The monoisotopic (exact) mass is 458 g/mol. The summed E-state index contributed by atoms with van der Waals surface area (Å²) in [4.78, 5) is 26.6. The van der Waals surface area contributed by atoms with Gasteiger partial charge in [0.25, 0.3) is 5.91 Å². The Balaban J connectivity index is 1.47. The van der Waals surface area contributed by atoms with Crippen molar-refractivity contribution >= 4 is 22.8 Å². The molecule has 34 heavy (non-hydrogen) atoms. The van der Waals surface area contributed by atoms with E-state index in [1.54, 1.807) is 12.1 Å². The fraction of sp³-hybridized carbons (Fsp3) is 0.308. The van der Waals surface area contributed by atoms with E-state index < -0.39 is 0 Å². The summed E-state index contributed by atoms with van der Waals surface area (Å²) in [6.07, 6.45) is 0.808. The molecule has 0 N–H and O–H groups in total. The average molecular weight is 459 g/mol. The number of para-hydroxylation sites is 1. The molecule has 2 aromatic carbocycles. The van der Waals surface area contributed by atoms with Crippen molar-refractivity contribution < 1.29 is 9.18 Å². The van der Waals surface area contributed by atoms with Gasteiger partial charge in [-0.2, -0.15) is 5.10 Å². The normalized spacial score (nSPS) is 14.5. The first kappa shape index (κ1) is 22.0. The van der Waals surface area contributed by atoms with Gasteiger partial charge in [0.15, 0.2) is 5.65 Å². The first-order valence-corrected chi connectivity index (χ1v) is 11.5. The first-order chi connectivity index (χ1) is 16.4. The number of benzene rings is 2. The van der Waals surface area contributed by atoms with Gasteiger partial charge in [0.1, 0.15) is 17.5 Å². The molecule has 174 valence electrons. The highest BCUT2D eigenvalue weighted by atomic mass is 19.1. The lowest BCUT2D eigenvalue weighted by Gasteiger charge is -2.24. The number of aryl methyl sites for hydroxylation is 3. The number of fused-ring (bicyclic) bond motifs is 1. The van der Waals surface area contributed by atoms with Crippen molar-refractivity contribution in [2.45, 2.75) is 27.2 Å². The van der Waals surface area contributed by atoms with E-state index in [0.29, 0.717) is 31.0 Å². The fourth-order valence-corrected chi connectivity index (χ4v) is 4.57. The van der Waals surface area contributed by atoms with Crippen LogP contribution in [0.15, 0.2) is 48.5 Å². The Morgan fingerprint density at radius 3 is 2.44 bits per heavy atom. The summed E-state index contributed by atoms with van der Waals surface area (Å²) in [6.45, 7) is 8.57. The second-order valence-electron chi connectivity index (χ2n) is 8.72. The largest absolute Gasteiger partial charge is 0.354 e. The fourth-order valence-electron chi connectivity index (χ4n) is 4.57. The molecule has 1 amide bonds. The summed E-state index contributed by atoms with van der Waals surface area (Å²) < 4.78 is 15.2. The molecule has 5 rings (SSSR count). The molecular weight excluding hydrogens is 431 g/mol. The number of hydrogen-bond acceptors (Lipinski definition) is 5. The van der Waals surface area contributed by atoms with Crippen molar-refractivity contribution in [1.82, 2.24) is 24.6 Å². The van der Waals surface area contributed by atoms with E-state index in [4.69, 9.17) is 15.1 Å². The van der Waals surface area contributed by atoms with Gasteiger partial charge in [0.2, 0.25) is 0 Å². The van der Waals surface area contributed by atoms with Crippen LogP contribution in [-0.2, 0) is 0 Å². The van der Waals surface area contributed by atoms with Crippen molar-refractivity contribution in [3.63, 3.8) is 0 Å². The summed E-state index contributed by atoms with van der Waals surface area (Å²) in [6, 6.07) is 13.9. The molecule has 0 radical (unpaired) electrons. The maximum absolute atomic E-state index is 13.3. The van der Waals surface area contributed by atoms with Crippen molar-refractivity contribution in [3.8, 4) is 5.69 Å². The number of nitrogens with zero attached hydrogens (tertiary/aromatic N) is 6. The van der Waals surface area contributed by atoms with Gasteiger partial charge >= 0.3 is 0 Å². The number of anilines is 1. The summed E-state index contributed by atoms with van der Waals surface area (Å²) in [5.74, 6) is 1.12. The van der Waals surface area contributed by atoms with Gasteiger partial charge in [-0.3, -0.25) is 4.79 Å². The molecule has 1 aliphatic heterocycles. The third-order valence-corrected chi connectivity index (χ3v) is 6.31. The van der Waals surface area contributed by atoms with Crippen LogP contribution >= 0.6 is 0 Å². The van der Waals surface area contributed by atoms with E-state index in [1.165, 1.54) is 12.1 Å². The second-order valence-corrected chi connectivity index (χ2v) is 8.72. The molecule has 3 heterocycles. The zero-order chi connectivity index (χ0) is 23.8. The molecule has 1 saturated heterocycles. The molecular formula is C26H27FN6O. The van der Waals surface area contributed by atoms with Gasteiger partial charge in [0, 0.05) is 31.7 Å². The van der Waals surface area contributed by atoms with Crippen LogP contribution in [0.3, 0.4) is 0 Å². The van der Waals surface area contributed by atoms with E-state index in [2.05, 4.69) is 17.9 Å². The smallest absolute Gasteiger partial charge is 0.253 e. The third-order valence-electron chi connectivity index (χ3n) is 6.31. The molecule has 0 spiro atoms. The Labute approximate surface area is 197 Å². The van der Waals surface area contributed by atoms with Gasteiger partial charge in [-0.1, -0.05) is 18.2 Å². The number of carbonyl (C=O) groups is 1. The highest BCUT2D eigenvalue weighted by molar-refractivity contribution is 5.94. The van der Waals surface area contributed by atoms with Crippen molar-refractivity contribution in [2.75, 3.05) is 31.1 Å². The maximum atomic E-state index is 13.3. The van der Waals surface area contributed by atoms with Crippen LogP contribution in [0, 0.1) is 26.6 Å². The van der Waals surface area contributed by atoms with Crippen molar-refractivity contribution in [1.29, 1.82) is 0 Å². The minimum absolute atomic E-state index is 0.0746. The minimum atomic E-state index is -0.344. The Hall–Kier alpha value is -3.81. The standard InChI is InChI=1S/C26H27FN6O/c1-17-7-4-5-8-22(17)33-25-23(18(2)30-33)24(28-19(3)29-25)31-13-6-14-32(16-15-31)26(34)20-9-11-21(27)12-10-20/h4-5,7-12H,6,13-16H2,1-3H3. The van der Waals surface area contributed by atoms with E-state index in [0.717, 1.165) is 46.8 Å². The van der Waals surface area contributed by atoms with Gasteiger partial charge in [-0.15, -0.1) is 0 Å². The summed E-state index contributed by atoms with van der Waals surface area (Å²) in [5.41, 5.74) is 4.28. The van der Waals surface area contributed by atoms with Crippen LogP contribution in [0.4, 0.5) is 10.2 Å². The number of rotatable bonds is 3. The molecule has 1 aliphatic rings. The van der Waals surface area contributed by atoms with E-state index in [1.807, 2.05) is 41.6 Å². The van der Waals surface area contributed by atoms with Crippen molar-refractivity contribution in [3.05, 3.63) is 77.0 Å². The van der Waals surface area contributed by atoms with Gasteiger partial charge in [-0.25, -0.2) is 19.0 Å². The molecule has 0 saturated carbocycles. The average Bonchev–Trinajstić information content (AvgIpc) is 2.99. The second kappa shape index (κ2) is 8.85. The summed E-state index contributed by atoms with van der Waals surface area (Å²) >= 11 is 0. The number of halogens is 1. The molecule has 7 nitrogen and oxygen atoms in total. The Morgan fingerprint density at radius 1 is 0.912 bits per heavy atom. The minimum Gasteiger partial charge on any atom is -0.354 e. The first-order valence-electron chi connectivity index (χ1n) is 11.5. The Bertz CT molecular complexity index is 1360. The Morgan fingerprint density at radius 2 is 1.68 bits per heavy atom. The van der Waals surface area contributed by atoms with Crippen LogP contribution in [-0.4, -0.2) is 56.7 Å². The number of hydrogen-bond donors (Lipinski definition) is 0. The highest BCUT2D eigenvalue weighted by Gasteiger charge is 2.25. The lowest BCUT2D eigenvalue weighted by atomic mass is 10.2. The quantitative estimate of drug-likeness (QED) is 0.460. The summed E-state index contributed by atoms with van der Waals surface area (Å²) in [5, 5.41) is 5.76. The van der Waals surface area contributed by atoms with E-state index >= 15 is 0 Å². The molecule has 0 bridgehead atoms. The Kier molecular flexibility index (Phi) is 5.73. The van der Waals surface area contributed by atoms with Crippen LogP contribution in [0.2, 0.25) is 0 Å². The lowest BCUT2D eigenvalue weighted by Crippen LogP contribution is -2.35. The van der Waals surface area contributed by atoms with Gasteiger partial charge in [-0.05, 0) is 63.1 Å². The third kappa shape index (κ3) is 4.00. The van der Waals surface area contributed by atoms with Gasteiger partial charge in [0.05, 0.1) is 16.8 Å². The maximum Gasteiger partial charge on any atom is 0.253 e. The van der Waals surface area contributed by atoms with Crippen molar-refractivity contribution in [2.24, 2.45) is 0 Å². The van der Waals surface area contributed by atoms with Crippen LogP contribution in [0.5, 0.6) is 0 Å². The number of aromatic nitrogens is 4. The zero-order valence-electron chi connectivity index (χ0n) is 19.6. The molecule has 0 unspecified atom stereocenters. The predicted molar refractivity (Wildman–Crippen MR) is 130 cm³/mol. The zero-order valence-corrected chi connectivity index (χ0v) is 19.6. The van der Waals surface area contributed by atoms with E-state index in [-0.39, 0.29) is 11.7 Å². The molecule has 8 heteroatoms. The lowest BCUT2D eigenvalue weighted by molar-refractivity contribution is 0.0767. The number of amides is 1. The number of carbonyl (C=O) groups excluding carboxylic acids is 1. The van der Waals surface area contributed by atoms with E-state index in [9.17, 15) is 9.18 Å².